The third kappa shape index (κ3) is 2570. The van der Waals surface area contributed by atoms with E-state index >= 15 is 0 Å². The Labute approximate surface area is 195 Å². The van der Waals surface area contributed by atoms with Crippen molar-refractivity contribution in [2.75, 3.05) is 0 Å². The Hall–Kier alpha value is 2.60. The van der Waals surface area contributed by atoms with Gasteiger partial charge in [-0.2, -0.15) is 0 Å². The van der Waals surface area contributed by atoms with Crippen molar-refractivity contribution < 1.29 is 197 Å². The molecule has 0 rings (SSSR count). The van der Waals surface area contributed by atoms with Gasteiger partial charge in [-0.15, -0.1) is 0 Å². The standard InChI is InChI=1S/6ClO3.Na.V/c6*2-1(3)4;;/q6*-1;+1;. The van der Waals surface area contributed by atoms with Gasteiger partial charge in [-0.3, -0.25) is 0 Å². The quantitative estimate of drug-likeness (QED) is 0.242. The molecule has 0 heterocycles. The van der Waals surface area contributed by atoms with Crippen LogP contribution in [0.15, 0.2) is 0 Å². The molecule has 0 bridgehead atoms. The fraction of sp³-hybridized carbons (Fsp3) is 0. The minimum Gasteiger partial charge on any atom is -0.357 e. The normalized spacial score (nSPS) is 8.31. The molecule has 161 valence electrons. The zero-order valence-electron chi connectivity index (χ0n) is 11.1. The zero-order chi connectivity index (χ0) is 21.5. The minimum absolute atomic E-state index is 0. The van der Waals surface area contributed by atoms with E-state index in [9.17, 15) is 0 Å². The molecular weight excluding hydrogens is 575 g/mol. The molecule has 26 heteroatoms. The predicted molar refractivity (Wildman–Crippen MR) is 0 cm³/mol. The molecular formula is Cl6NaO18V-5. The summed E-state index contributed by atoms with van der Waals surface area (Å²) in [5.74, 6) is 0. The van der Waals surface area contributed by atoms with Gasteiger partial charge in [0.15, 0.2) is 0 Å². The largest absolute Gasteiger partial charge is 1.00 e. The molecule has 0 aliphatic carbocycles. The van der Waals surface area contributed by atoms with E-state index in [0.717, 1.165) is 0 Å². The van der Waals surface area contributed by atoms with Gasteiger partial charge in [0.1, 0.15) is 0 Å². The van der Waals surface area contributed by atoms with Crippen LogP contribution in [0.25, 0.3) is 0 Å². The molecule has 0 aliphatic rings. The Morgan fingerprint density at radius 1 is 0.231 bits per heavy atom. The van der Waals surface area contributed by atoms with Gasteiger partial charge in [0, 0.05) is 18.6 Å². The van der Waals surface area contributed by atoms with Gasteiger partial charge in [0.05, 0.1) is 64.7 Å². The average molecular weight is 575 g/mol. The number of hydrogen-bond donors (Lipinski definition) is 0. The average Bonchev–Trinajstić information content (AvgIpc) is 2.08. The summed E-state index contributed by atoms with van der Waals surface area (Å²) >= 11 is 0. The van der Waals surface area contributed by atoms with Crippen LogP contribution >= 0.6 is 0 Å². The summed E-state index contributed by atoms with van der Waals surface area (Å²) in [6, 6.07) is 0. The SMILES string of the molecule is [Na+].[O-][Cl+2]([O-])[O-].[O-][Cl+2]([O-])[O-].[O-][Cl+2]([O-])[O-].[O-][Cl+2]([O-])[O-].[O-][Cl+2]([O-])[O-].[O-][Cl+2]([O-])[O-].[V]. The molecule has 0 aliphatic heterocycles. The van der Waals surface area contributed by atoms with Crippen molar-refractivity contribution in [1.29, 1.82) is 0 Å². The van der Waals surface area contributed by atoms with E-state index in [4.69, 9.17) is 83.9 Å². The van der Waals surface area contributed by atoms with Gasteiger partial charge >= 0.3 is 29.6 Å². The minimum atomic E-state index is -2.85. The van der Waals surface area contributed by atoms with E-state index in [2.05, 4.69) is 0 Å². The van der Waals surface area contributed by atoms with Gasteiger partial charge in [-0.05, 0) is 0 Å². The Kier molecular flexibility index (Phi) is 90.9. The van der Waals surface area contributed by atoms with Crippen molar-refractivity contribution >= 4 is 0 Å². The second-order valence-electron chi connectivity index (χ2n) is 1.13. The van der Waals surface area contributed by atoms with E-state index in [1.807, 2.05) is 0 Å². The summed E-state index contributed by atoms with van der Waals surface area (Å²) in [5.41, 5.74) is 0. The fourth-order valence-corrected chi connectivity index (χ4v) is 0. The van der Waals surface area contributed by atoms with E-state index in [1.54, 1.807) is 0 Å². The van der Waals surface area contributed by atoms with Gasteiger partial charge in [-0.1, -0.05) is 0 Å². The maximum absolute atomic E-state index is 8.41. The van der Waals surface area contributed by atoms with Gasteiger partial charge < -0.3 is 83.9 Å². The second-order valence-corrected chi connectivity index (χ2v) is 3.40. The maximum Gasteiger partial charge on any atom is 1.00 e. The smallest absolute Gasteiger partial charge is 0.357 e. The summed E-state index contributed by atoms with van der Waals surface area (Å²) in [6.07, 6.45) is 0. The molecule has 26 heavy (non-hydrogen) atoms. The van der Waals surface area contributed by atoms with Crippen LogP contribution in [0.3, 0.4) is 0 Å². The fourth-order valence-electron chi connectivity index (χ4n) is 0. The summed E-state index contributed by atoms with van der Waals surface area (Å²) in [7, 11) is -17.1. The Morgan fingerprint density at radius 2 is 0.231 bits per heavy atom. The number of rotatable bonds is 0. The maximum atomic E-state index is 8.41. The molecule has 0 saturated carbocycles. The van der Waals surface area contributed by atoms with Crippen molar-refractivity contribution in [3.63, 3.8) is 0 Å². The first-order valence-electron chi connectivity index (χ1n) is 2.78. The molecule has 0 amide bonds. The molecule has 0 atom stereocenters. The Morgan fingerprint density at radius 3 is 0.231 bits per heavy atom. The molecule has 18 nitrogen and oxygen atoms in total. The first kappa shape index (κ1) is 51.3. The van der Waals surface area contributed by atoms with Crippen LogP contribution in [0, 0.1) is 64.7 Å². The molecule has 0 unspecified atom stereocenters. The third-order valence-corrected chi connectivity index (χ3v) is 0. The van der Waals surface area contributed by atoms with Crippen LogP contribution in [-0.4, -0.2) is 0 Å². The van der Waals surface area contributed by atoms with Crippen molar-refractivity contribution in [1.82, 2.24) is 0 Å². The van der Waals surface area contributed by atoms with E-state index < -0.39 is 64.7 Å². The van der Waals surface area contributed by atoms with E-state index in [1.165, 1.54) is 0 Å². The van der Waals surface area contributed by atoms with Gasteiger partial charge in [0.2, 0.25) is 0 Å². The molecule has 0 aromatic rings. The zero-order valence-corrected chi connectivity index (χ0v) is 19.0. The second kappa shape index (κ2) is 46.0. The van der Waals surface area contributed by atoms with Crippen LogP contribution < -0.4 is 113 Å². The van der Waals surface area contributed by atoms with E-state index in [-0.39, 0.29) is 48.1 Å². The molecule has 0 fully saturated rings. The Balaban J connectivity index is -0.0000000245. The van der Waals surface area contributed by atoms with Crippen LogP contribution in [0.1, 0.15) is 0 Å². The van der Waals surface area contributed by atoms with Gasteiger partial charge in [-0.25, -0.2) is 0 Å². The molecule has 0 spiro atoms. The van der Waals surface area contributed by atoms with Crippen LogP contribution in [0.2, 0.25) is 0 Å². The summed E-state index contributed by atoms with van der Waals surface area (Å²) in [6.45, 7) is 0. The third-order valence-electron chi connectivity index (χ3n) is 0. The van der Waals surface area contributed by atoms with Crippen molar-refractivity contribution in [3.8, 4) is 0 Å². The van der Waals surface area contributed by atoms with Crippen molar-refractivity contribution in [2.24, 2.45) is 0 Å². The van der Waals surface area contributed by atoms with Crippen LogP contribution in [0.4, 0.5) is 0 Å². The predicted octanol–water partition coefficient (Wildman–Crippen LogP) is -24.4. The summed E-state index contributed by atoms with van der Waals surface area (Å²) in [4.78, 5) is 0. The molecule has 0 saturated heterocycles. The van der Waals surface area contributed by atoms with Crippen molar-refractivity contribution in [2.45, 2.75) is 0 Å². The Bertz CT molecular complexity index is 107. The number of halogens is 6. The number of hydrogen-bond acceptors (Lipinski definition) is 18. The van der Waals surface area contributed by atoms with Crippen LogP contribution in [-0.2, 0) is 18.6 Å². The summed E-state index contributed by atoms with van der Waals surface area (Å²) < 4.78 is 151. The summed E-state index contributed by atoms with van der Waals surface area (Å²) in [5, 5.41) is 0. The van der Waals surface area contributed by atoms with E-state index in [0.29, 0.717) is 0 Å². The topological polar surface area (TPSA) is 415 Å². The molecule has 0 aromatic heterocycles. The first-order chi connectivity index (χ1) is 10.4. The molecule has 0 N–H and O–H groups in total. The van der Waals surface area contributed by atoms with Crippen LogP contribution in [0.5, 0.6) is 0 Å². The molecule has 1 radical (unpaired) electrons. The first-order valence-corrected chi connectivity index (χ1v) is 8.33. The van der Waals surface area contributed by atoms with Gasteiger partial charge in [0.25, 0.3) is 0 Å². The monoisotopic (exact) mass is 572 g/mol. The molecule has 0 aromatic carbocycles. The van der Waals surface area contributed by atoms with Crippen molar-refractivity contribution in [3.05, 3.63) is 0 Å².